The number of anilines is 2. The zero-order valence-electron chi connectivity index (χ0n) is 7.52. The first-order valence-electron chi connectivity index (χ1n) is 4.51. The molecule has 1 aliphatic rings. The fourth-order valence-corrected chi connectivity index (χ4v) is 1.52. The third-order valence-corrected chi connectivity index (χ3v) is 2.61. The largest absolute Gasteiger partial charge is 0.383 e. The summed E-state index contributed by atoms with van der Waals surface area (Å²) in [4.78, 5) is 22.1. The van der Waals surface area contributed by atoms with Crippen LogP contribution in [0.5, 0.6) is 0 Å². The lowest BCUT2D eigenvalue weighted by Crippen LogP contribution is -2.40. The first-order chi connectivity index (χ1) is 6.24. The van der Waals surface area contributed by atoms with E-state index in [4.69, 9.17) is 0 Å². The van der Waals surface area contributed by atoms with Crippen LogP contribution in [-0.4, -0.2) is 13.1 Å². The Kier molecular flexibility index (Phi) is 1.83. The molecule has 0 aromatic heterocycles. The van der Waals surface area contributed by atoms with Gasteiger partial charge in [-0.25, -0.2) is 0 Å². The van der Waals surface area contributed by atoms with Gasteiger partial charge in [-0.1, -0.05) is 0 Å². The molecule has 70 valence electrons. The third-order valence-electron chi connectivity index (χ3n) is 2.61. The Morgan fingerprint density at radius 3 is 2.23 bits per heavy atom. The van der Waals surface area contributed by atoms with Crippen LogP contribution in [0.1, 0.15) is 19.3 Å². The van der Waals surface area contributed by atoms with Crippen LogP contribution >= 0.6 is 0 Å². The van der Waals surface area contributed by atoms with Gasteiger partial charge in [-0.3, -0.25) is 9.59 Å². The molecule has 2 N–H and O–H groups in total. The molecule has 1 fully saturated rings. The zero-order valence-corrected chi connectivity index (χ0v) is 7.52. The molecule has 1 saturated carbocycles. The second-order valence-electron chi connectivity index (χ2n) is 3.43. The predicted octanol–water partition coefficient (Wildman–Crippen LogP) is 0.289. The van der Waals surface area contributed by atoms with E-state index in [2.05, 4.69) is 10.6 Å². The fraction of sp³-hybridized carbons (Fsp3) is 0.556. The van der Waals surface area contributed by atoms with Crippen molar-refractivity contribution in [2.45, 2.75) is 25.3 Å². The molecule has 0 spiro atoms. The molecule has 4 nitrogen and oxygen atoms in total. The summed E-state index contributed by atoms with van der Waals surface area (Å²) in [6.45, 7) is 0. The number of nitrogens with one attached hydrogen (secondary N) is 2. The number of hydrogen-bond donors (Lipinski definition) is 2. The summed E-state index contributed by atoms with van der Waals surface area (Å²) in [5.74, 6) is 0. The quantitative estimate of drug-likeness (QED) is 0.656. The van der Waals surface area contributed by atoms with Crippen LogP contribution in [0.2, 0.25) is 0 Å². The van der Waals surface area contributed by atoms with E-state index in [0.29, 0.717) is 17.4 Å². The summed E-state index contributed by atoms with van der Waals surface area (Å²) in [5, 5.41) is 5.81. The third kappa shape index (κ3) is 1.13. The van der Waals surface area contributed by atoms with E-state index < -0.39 is 5.43 Å². The zero-order chi connectivity index (χ0) is 9.42. The molecule has 0 amide bonds. The van der Waals surface area contributed by atoms with Crippen molar-refractivity contribution in [3.8, 4) is 0 Å². The highest BCUT2D eigenvalue weighted by Crippen LogP contribution is 2.24. The van der Waals surface area contributed by atoms with Gasteiger partial charge in [0.05, 0.1) is 0 Å². The van der Waals surface area contributed by atoms with Crippen molar-refractivity contribution in [2.75, 3.05) is 17.7 Å². The lowest BCUT2D eigenvalue weighted by atomic mass is 9.92. The van der Waals surface area contributed by atoms with Crippen LogP contribution in [0.25, 0.3) is 0 Å². The Balaban J connectivity index is 2.15. The first kappa shape index (κ1) is 8.29. The van der Waals surface area contributed by atoms with E-state index in [9.17, 15) is 9.59 Å². The van der Waals surface area contributed by atoms with Gasteiger partial charge in [-0.15, -0.1) is 0 Å². The van der Waals surface area contributed by atoms with Crippen molar-refractivity contribution in [3.63, 3.8) is 0 Å². The molecule has 0 saturated heterocycles. The van der Waals surface area contributed by atoms with E-state index in [1.165, 1.54) is 6.42 Å². The summed E-state index contributed by atoms with van der Waals surface area (Å²) in [7, 11) is 1.65. The van der Waals surface area contributed by atoms with Crippen molar-refractivity contribution >= 4 is 11.4 Å². The van der Waals surface area contributed by atoms with Crippen LogP contribution in [-0.2, 0) is 0 Å². The summed E-state index contributed by atoms with van der Waals surface area (Å²) >= 11 is 0. The molecule has 1 aliphatic carbocycles. The van der Waals surface area contributed by atoms with Crippen LogP contribution in [0.4, 0.5) is 11.4 Å². The maximum Gasteiger partial charge on any atom is 0.253 e. The summed E-state index contributed by atoms with van der Waals surface area (Å²) < 4.78 is 0. The van der Waals surface area contributed by atoms with Crippen molar-refractivity contribution in [2.24, 2.45) is 0 Å². The van der Waals surface area contributed by atoms with Crippen LogP contribution in [0.3, 0.4) is 0 Å². The molecule has 13 heavy (non-hydrogen) atoms. The Morgan fingerprint density at radius 2 is 1.77 bits per heavy atom. The van der Waals surface area contributed by atoms with E-state index in [0.717, 1.165) is 12.8 Å². The van der Waals surface area contributed by atoms with Gasteiger partial charge < -0.3 is 10.6 Å². The lowest BCUT2D eigenvalue weighted by molar-refractivity contribution is 0.445. The second kappa shape index (κ2) is 2.87. The van der Waals surface area contributed by atoms with E-state index in [1.54, 1.807) is 7.05 Å². The van der Waals surface area contributed by atoms with Gasteiger partial charge in [-0.05, 0) is 19.3 Å². The smallest absolute Gasteiger partial charge is 0.253 e. The van der Waals surface area contributed by atoms with Gasteiger partial charge >= 0.3 is 0 Å². The van der Waals surface area contributed by atoms with E-state index in [-0.39, 0.29) is 5.43 Å². The summed E-state index contributed by atoms with van der Waals surface area (Å²) in [5.41, 5.74) is 0.148. The average Bonchev–Trinajstić information content (AvgIpc) is 2.07. The Labute approximate surface area is 75.7 Å². The van der Waals surface area contributed by atoms with Crippen molar-refractivity contribution in [3.05, 3.63) is 20.4 Å². The molecule has 4 heteroatoms. The monoisotopic (exact) mass is 180 g/mol. The summed E-state index contributed by atoms with van der Waals surface area (Å²) in [6, 6.07) is 0.399. The normalized spacial score (nSPS) is 17.0. The highest BCUT2D eigenvalue weighted by molar-refractivity contribution is 5.74. The molecule has 0 unspecified atom stereocenters. The topological polar surface area (TPSA) is 58.2 Å². The maximum absolute atomic E-state index is 11.1. The highest BCUT2D eigenvalue weighted by atomic mass is 16.2. The van der Waals surface area contributed by atoms with Crippen molar-refractivity contribution < 1.29 is 0 Å². The second-order valence-corrected chi connectivity index (χ2v) is 3.43. The molecule has 2 rings (SSSR count). The molecule has 1 aromatic rings. The number of hydrogen-bond acceptors (Lipinski definition) is 4. The molecule has 1 aromatic carbocycles. The minimum absolute atomic E-state index is 0.378. The van der Waals surface area contributed by atoms with E-state index in [1.807, 2.05) is 0 Å². The van der Waals surface area contributed by atoms with Gasteiger partial charge in [0.25, 0.3) is 10.9 Å². The lowest BCUT2D eigenvalue weighted by Gasteiger charge is -2.28. The Morgan fingerprint density at radius 1 is 1.15 bits per heavy atom. The average molecular weight is 180 g/mol. The molecule has 0 bridgehead atoms. The van der Waals surface area contributed by atoms with Gasteiger partial charge in [0.2, 0.25) is 0 Å². The predicted molar refractivity (Wildman–Crippen MR) is 52.2 cm³/mol. The minimum atomic E-state index is -0.399. The molecule has 0 aliphatic heterocycles. The van der Waals surface area contributed by atoms with Crippen molar-refractivity contribution in [1.29, 1.82) is 0 Å². The Hall–Kier alpha value is -1.32. The standard InChI is InChI=1S/C9H12N2O2/c1-10-6-7(9(13)8(6)12)11-5-3-2-4-5/h5,10-11H,2-4H2,1H3. The van der Waals surface area contributed by atoms with Crippen LogP contribution < -0.4 is 21.5 Å². The molecule has 0 radical (unpaired) electrons. The fourth-order valence-electron chi connectivity index (χ4n) is 1.52. The Bertz CT molecular complexity index is 386. The highest BCUT2D eigenvalue weighted by Gasteiger charge is 2.24. The minimum Gasteiger partial charge on any atom is -0.383 e. The van der Waals surface area contributed by atoms with Gasteiger partial charge in [-0.2, -0.15) is 0 Å². The van der Waals surface area contributed by atoms with Crippen LogP contribution in [0.15, 0.2) is 9.59 Å². The molecule has 0 heterocycles. The van der Waals surface area contributed by atoms with Gasteiger partial charge in [0.1, 0.15) is 11.4 Å². The SMILES string of the molecule is CNc1c(NC2CCC2)c(=O)c1=O. The number of rotatable bonds is 3. The van der Waals surface area contributed by atoms with Crippen LogP contribution in [0, 0.1) is 0 Å². The maximum atomic E-state index is 11.1. The molecular formula is C9H12N2O2. The van der Waals surface area contributed by atoms with Gasteiger partial charge in [0.15, 0.2) is 0 Å². The molecule has 0 atom stereocenters. The first-order valence-corrected chi connectivity index (χ1v) is 4.51. The van der Waals surface area contributed by atoms with Gasteiger partial charge in [0, 0.05) is 13.1 Å². The molecular weight excluding hydrogens is 168 g/mol. The van der Waals surface area contributed by atoms with Crippen molar-refractivity contribution in [1.82, 2.24) is 0 Å². The summed E-state index contributed by atoms with van der Waals surface area (Å²) in [6.07, 6.45) is 3.41. The van der Waals surface area contributed by atoms with E-state index >= 15 is 0 Å².